The Hall–Kier alpha value is -2.12. The molecule has 36 heavy (non-hydrogen) atoms. The van der Waals surface area contributed by atoms with Crippen molar-refractivity contribution >= 4 is 52.6 Å². The zero-order valence-electron chi connectivity index (χ0n) is 21.3. The topological polar surface area (TPSA) is 59.6 Å². The van der Waals surface area contributed by atoms with E-state index >= 15 is 0 Å². The minimum absolute atomic E-state index is 0.264. The van der Waals surface area contributed by atoms with Gasteiger partial charge in [-0.15, -0.1) is 0 Å². The number of hydrogen-bond acceptors (Lipinski definition) is 5. The molecule has 2 aromatic carbocycles. The standard InChI is InChI=1S/C28H34Cl2N2O3S/c1-5-6-7-8-12-35-16-19-10-9-11-21(26(19)34-4)25-17-36-28(31-25)32-27(33)20-14-23(29)22(13-18(2)3)24(30)15-20/h9-11,13-15,17,28,31H,5-8,12,16H2,1-4H3,(H,32,33). The molecule has 0 fully saturated rings. The fourth-order valence-electron chi connectivity index (χ4n) is 3.87. The summed E-state index contributed by atoms with van der Waals surface area (Å²) < 4.78 is 11.6. The van der Waals surface area contributed by atoms with Crippen LogP contribution in [0.1, 0.15) is 73.5 Å². The summed E-state index contributed by atoms with van der Waals surface area (Å²) in [5.74, 6) is 0.505. The summed E-state index contributed by atoms with van der Waals surface area (Å²) in [5, 5.41) is 9.21. The molecule has 0 saturated heterocycles. The molecule has 0 saturated carbocycles. The number of carbonyl (C=O) groups excluding carboxylic acids is 1. The maximum absolute atomic E-state index is 12.9. The average molecular weight is 550 g/mol. The molecule has 0 spiro atoms. The Morgan fingerprint density at radius 1 is 1.17 bits per heavy atom. The van der Waals surface area contributed by atoms with Gasteiger partial charge >= 0.3 is 0 Å². The first-order chi connectivity index (χ1) is 17.3. The Labute approximate surface area is 228 Å². The predicted octanol–water partition coefficient (Wildman–Crippen LogP) is 7.87. The van der Waals surface area contributed by atoms with Gasteiger partial charge in [0.15, 0.2) is 5.50 Å². The maximum atomic E-state index is 12.9. The van der Waals surface area contributed by atoms with Gasteiger partial charge in [0.05, 0.1) is 29.5 Å². The number of amides is 1. The lowest BCUT2D eigenvalue weighted by molar-refractivity contribution is 0.0948. The number of thioether (sulfide) groups is 1. The zero-order valence-corrected chi connectivity index (χ0v) is 23.6. The molecule has 2 N–H and O–H groups in total. The van der Waals surface area contributed by atoms with Gasteiger partial charge in [-0.2, -0.15) is 0 Å². The van der Waals surface area contributed by atoms with Crippen LogP contribution in [0.15, 0.2) is 41.3 Å². The summed E-state index contributed by atoms with van der Waals surface area (Å²) >= 11 is 14.3. The van der Waals surface area contributed by atoms with Crippen LogP contribution >= 0.6 is 35.0 Å². The molecule has 3 rings (SSSR count). The largest absolute Gasteiger partial charge is 0.496 e. The Morgan fingerprint density at radius 2 is 1.92 bits per heavy atom. The summed E-state index contributed by atoms with van der Waals surface area (Å²) in [5.41, 5.74) is 4.63. The van der Waals surface area contributed by atoms with Gasteiger partial charge in [0.2, 0.25) is 0 Å². The van der Waals surface area contributed by atoms with E-state index in [1.807, 2.05) is 43.5 Å². The van der Waals surface area contributed by atoms with Gasteiger partial charge in [0.1, 0.15) is 5.75 Å². The quantitative estimate of drug-likeness (QED) is 0.264. The molecule has 0 aromatic heterocycles. The molecule has 1 amide bonds. The minimum atomic E-state index is -0.342. The molecule has 1 unspecified atom stereocenters. The van der Waals surface area contributed by atoms with E-state index in [-0.39, 0.29) is 11.4 Å². The third-order valence-electron chi connectivity index (χ3n) is 5.64. The van der Waals surface area contributed by atoms with Gasteiger partial charge in [0.25, 0.3) is 5.91 Å². The smallest absolute Gasteiger partial charge is 0.253 e. The van der Waals surface area contributed by atoms with Gasteiger partial charge in [-0.25, -0.2) is 0 Å². The number of benzene rings is 2. The molecule has 0 aliphatic carbocycles. The van der Waals surface area contributed by atoms with E-state index in [1.165, 1.54) is 31.0 Å². The van der Waals surface area contributed by atoms with Crippen molar-refractivity contribution in [2.24, 2.45) is 0 Å². The van der Waals surface area contributed by atoms with Crippen molar-refractivity contribution in [1.29, 1.82) is 0 Å². The van der Waals surface area contributed by atoms with Gasteiger partial charge in [0, 0.05) is 28.9 Å². The summed E-state index contributed by atoms with van der Waals surface area (Å²) in [7, 11) is 1.66. The van der Waals surface area contributed by atoms with E-state index in [0.29, 0.717) is 27.8 Å². The third-order valence-corrected chi connectivity index (χ3v) is 7.14. The SMILES string of the molecule is CCCCCCOCc1cccc(C2=CSC(NC(=O)c3cc(Cl)c(C=C(C)C)c(Cl)c3)N2)c1OC. The first-order valence-electron chi connectivity index (χ1n) is 12.1. The van der Waals surface area contributed by atoms with Crippen molar-refractivity contribution in [3.05, 3.63) is 73.6 Å². The van der Waals surface area contributed by atoms with Crippen LogP contribution in [-0.4, -0.2) is 25.1 Å². The van der Waals surface area contributed by atoms with Crippen LogP contribution in [0.25, 0.3) is 11.8 Å². The Morgan fingerprint density at radius 3 is 2.58 bits per heavy atom. The van der Waals surface area contributed by atoms with Crippen LogP contribution in [0, 0.1) is 0 Å². The van der Waals surface area contributed by atoms with Gasteiger partial charge in [-0.3, -0.25) is 4.79 Å². The first kappa shape index (κ1) is 28.5. The molecule has 0 bridgehead atoms. The van der Waals surface area contributed by atoms with Crippen LogP contribution in [-0.2, 0) is 11.3 Å². The fraction of sp³-hybridized carbons (Fsp3) is 0.393. The number of para-hydroxylation sites is 1. The molecule has 194 valence electrons. The van der Waals surface area contributed by atoms with E-state index in [4.69, 9.17) is 32.7 Å². The molecule has 1 atom stereocenters. The Balaban J connectivity index is 1.63. The van der Waals surface area contributed by atoms with E-state index in [9.17, 15) is 4.79 Å². The van der Waals surface area contributed by atoms with Crippen LogP contribution < -0.4 is 15.4 Å². The molecule has 8 heteroatoms. The summed E-state index contributed by atoms with van der Waals surface area (Å²) in [6.07, 6.45) is 6.59. The van der Waals surface area contributed by atoms with Crippen molar-refractivity contribution in [1.82, 2.24) is 10.6 Å². The van der Waals surface area contributed by atoms with E-state index < -0.39 is 0 Å². The number of carbonyl (C=O) groups is 1. The molecular formula is C28H34Cl2N2O3S. The minimum Gasteiger partial charge on any atom is -0.496 e. The van der Waals surface area contributed by atoms with Gasteiger partial charge < -0.3 is 20.1 Å². The lowest BCUT2D eigenvalue weighted by Gasteiger charge is -2.18. The lowest BCUT2D eigenvalue weighted by atomic mass is 10.1. The number of methoxy groups -OCH3 is 1. The Kier molecular flexibility index (Phi) is 11.1. The predicted molar refractivity (Wildman–Crippen MR) is 153 cm³/mol. The highest BCUT2D eigenvalue weighted by Crippen LogP contribution is 2.35. The highest BCUT2D eigenvalue weighted by Gasteiger charge is 2.24. The normalized spacial score (nSPS) is 14.7. The maximum Gasteiger partial charge on any atom is 0.253 e. The lowest BCUT2D eigenvalue weighted by Crippen LogP contribution is -2.39. The molecule has 5 nitrogen and oxygen atoms in total. The highest BCUT2D eigenvalue weighted by atomic mass is 35.5. The molecular weight excluding hydrogens is 515 g/mol. The van der Waals surface area contributed by atoms with E-state index in [0.717, 1.165) is 41.2 Å². The second kappa shape index (κ2) is 14.0. The molecule has 2 aromatic rings. The van der Waals surface area contributed by atoms with Crippen molar-refractivity contribution in [2.75, 3.05) is 13.7 Å². The third kappa shape index (κ3) is 7.69. The number of ether oxygens (including phenoxy) is 2. The highest BCUT2D eigenvalue weighted by molar-refractivity contribution is 8.03. The number of allylic oxidation sites excluding steroid dienone is 1. The van der Waals surface area contributed by atoms with Crippen molar-refractivity contribution in [3.8, 4) is 5.75 Å². The summed E-state index contributed by atoms with van der Waals surface area (Å²) in [6, 6.07) is 9.28. The van der Waals surface area contributed by atoms with Gasteiger partial charge in [-0.1, -0.05) is 84.9 Å². The summed E-state index contributed by atoms with van der Waals surface area (Å²) in [4.78, 5) is 12.9. The molecule has 0 radical (unpaired) electrons. The van der Waals surface area contributed by atoms with Gasteiger partial charge in [-0.05, 0) is 43.9 Å². The monoisotopic (exact) mass is 548 g/mol. The molecule has 1 aliphatic rings. The fourth-order valence-corrected chi connectivity index (χ4v) is 5.30. The number of hydrogen-bond donors (Lipinski definition) is 2. The zero-order chi connectivity index (χ0) is 26.1. The van der Waals surface area contributed by atoms with Crippen LogP contribution in [0.4, 0.5) is 0 Å². The second-order valence-corrected chi connectivity index (χ2v) is 10.6. The van der Waals surface area contributed by atoms with Crippen LogP contribution in [0.3, 0.4) is 0 Å². The van der Waals surface area contributed by atoms with E-state index in [2.05, 4.69) is 17.6 Å². The molecule has 1 heterocycles. The summed E-state index contributed by atoms with van der Waals surface area (Å²) in [6.45, 7) is 7.36. The second-order valence-electron chi connectivity index (χ2n) is 8.85. The van der Waals surface area contributed by atoms with Crippen LogP contribution in [0.5, 0.6) is 5.75 Å². The van der Waals surface area contributed by atoms with Crippen LogP contribution in [0.2, 0.25) is 10.0 Å². The molecule has 1 aliphatic heterocycles. The number of unbranched alkanes of at least 4 members (excludes halogenated alkanes) is 3. The Bertz CT molecular complexity index is 1110. The number of nitrogens with one attached hydrogen (secondary N) is 2. The van der Waals surface area contributed by atoms with Crippen molar-refractivity contribution < 1.29 is 14.3 Å². The first-order valence-corrected chi connectivity index (χ1v) is 13.8. The number of halogens is 2. The van der Waals surface area contributed by atoms with Crippen molar-refractivity contribution in [3.63, 3.8) is 0 Å². The number of rotatable bonds is 12. The van der Waals surface area contributed by atoms with Crippen molar-refractivity contribution in [2.45, 2.75) is 58.6 Å². The van der Waals surface area contributed by atoms with E-state index in [1.54, 1.807) is 19.2 Å². The average Bonchev–Trinajstić information content (AvgIpc) is 3.31.